The summed E-state index contributed by atoms with van der Waals surface area (Å²) in [6, 6.07) is 8.92. The Hall–Kier alpha value is -2.37. The minimum atomic E-state index is -0.429. The Kier molecular flexibility index (Phi) is 3.57. The zero-order valence-electron chi connectivity index (χ0n) is 10.0. The monoisotopic (exact) mass is 246 g/mol. The Bertz CT molecular complexity index is 484. The van der Waals surface area contributed by atoms with Crippen LogP contribution in [-0.2, 0) is 11.2 Å². The molecule has 1 aliphatic rings. The molecular weight excluding hydrogens is 232 g/mol. The lowest BCUT2D eigenvalue weighted by atomic mass is 10.1. The van der Waals surface area contributed by atoms with Crippen molar-refractivity contribution in [2.75, 3.05) is 6.54 Å². The molecule has 2 rings (SSSR count). The molecule has 0 saturated carbocycles. The number of carbonyl (C=O) groups is 2. The number of hydrogen-bond donors (Lipinski definition) is 2. The smallest absolute Gasteiger partial charge is 0.273 e. The molecular formula is C12H14N4O2. The highest BCUT2D eigenvalue weighted by Crippen LogP contribution is 2.00. The first-order valence-corrected chi connectivity index (χ1v) is 5.59. The molecule has 0 aliphatic carbocycles. The summed E-state index contributed by atoms with van der Waals surface area (Å²) < 4.78 is 0. The fourth-order valence-corrected chi connectivity index (χ4v) is 1.60. The van der Waals surface area contributed by atoms with Crippen molar-refractivity contribution in [2.45, 2.75) is 13.3 Å². The highest BCUT2D eigenvalue weighted by molar-refractivity contribution is 5.92. The van der Waals surface area contributed by atoms with Gasteiger partial charge in [0.05, 0.1) is 18.7 Å². The van der Waals surface area contributed by atoms with Gasteiger partial charge in [-0.1, -0.05) is 30.3 Å². The van der Waals surface area contributed by atoms with Gasteiger partial charge in [0.2, 0.25) is 5.91 Å². The Morgan fingerprint density at radius 1 is 1.44 bits per heavy atom. The van der Waals surface area contributed by atoms with Crippen molar-refractivity contribution in [1.82, 2.24) is 15.9 Å². The van der Waals surface area contributed by atoms with Crippen LogP contribution >= 0.6 is 0 Å². The molecule has 1 aromatic carbocycles. The van der Waals surface area contributed by atoms with Crippen molar-refractivity contribution < 1.29 is 9.59 Å². The second-order valence-corrected chi connectivity index (χ2v) is 4.05. The normalized spacial score (nSPS) is 14.8. The lowest BCUT2D eigenvalue weighted by Gasteiger charge is -2.25. The molecule has 6 nitrogen and oxygen atoms in total. The number of benzene rings is 1. The molecule has 1 aromatic rings. The zero-order chi connectivity index (χ0) is 13.0. The predicted octanol–water partition coefficient (Wildman–Crippen LogP) is 0.661. The Labute approximate surface area is 105 Å². The third-order valence-electron chi connectivity index (χ3n) is 2.44. The minimum Gasteiger partial charge on any atom is -0.273 e. The number of hydrazine groups is 1. The lowest BCUT2D eigenvalue weighted by molar-refractivity contribution is -0.123. The quantitative estimate of drug-likeness (QED) is 0.822. The van der Waals surface area contributed by atoms with E-state index < -0.39 is 6.03 Å². The SMILES string of the molecule is CC1=NNC(=O)N(NC(=O)Cc2ccccc2)C1. The molecule has 0 bridgehead atoms. The molecule has 0 aromatic heterocycles. The third-order valence-corrected chi connectivity index (χ3v) is 2.44. The summed E-state index contributed by atoms with van der Waals surface area (Å²) in [6.45, 7) is 2.07. The van der Waals surface area contributed by atoms with Crippen molar-refractivity contribution in [3.8, 4) is 0 Å². The molecule has 0 saturated heterocycles. The van der Waals surface area contributed by atoms with Gasteiger partial charge in [-0.15, -0.1) is 0 Å². The molecule has 1 aliphatic heterocycles. The highest BCUT2D eigenvalue weighted by Gasteiger charge is 2.20. The molecule has 18 heavy (non-hydrogen) atoms. The molecule has 0 fully saturated rings. The zero-order valence-corrected chi connectivity index (χ0v) is 10.0. The molecule has 94 valence electrons. The fourth-order valence-electron chi connectivity index (χ4n) is 1.60. The number of carbonyl (C=O) groups excluding carboxylic acids is 2. The van der Waals surface area contributed by atoms with Crippen LogP contribution in [0.4, 0.5) is 4.79 Å². The number of nitrogens with one attached hydrogen (secondary N) is 2. The third kappa shape index (κ3) is 3.07. The summed E-state index contributed by atoms with van der Waals surface area (Å²) in [7, 11) is 0. The van der Waals surface area contributed by atoms with Gasteiger partial charge >= 0.3 is 6.03 Å². The Morgan fingerprint density at radius 2 is 2.17 bits per heavy atom. The summed E-state index contributed by atoms with van der Waals surface area (Å²) in [5.74, 6) is -0.231. The summed E-state index contributed by atoms with van der Waals surface area (Å²) in [4.78, 5) is 23.2. The van der Waals surface area contributed by atoms with Crippen LogP contribution in [-0.4, -0.2) is 29.2 Å². The Morgan fingerprint density at radius 3 is 2.89 bits per heavy atom. The van der Waals surface area contributed by atoms with Crippen molar-refractivity contribution in [2.24, 2.45) is 5.10 Å². The van der Waals surface area contributed by atoms with Crippen LogP contribution in [0.3, 0.4) is 0 Å². The van der Waals surface area contributed by atoms with Crippen molar-refractivity contribution in [3.05, 3.63) is 35.9 Å². The van der Waals surface area contributed by atoms with Crippen LogP contribution in [0.2, 0.25) is 0 Å². The molecule has 0 spiro atoms. The van der Waals surface area contributed by atoms with E-state index in [1.165, 1.54) is 5.01 Å². The second kappa shape index (κ2) is 5.31. The molecule has 0 atom stereocenters. The Balaban J connectivity index is 1.92. The number of hydrazone groups is 1. The first-order chi connectivity index (χ1) is 8.65. The largest absolute Gasteiger partial charge is 0.356 e. The van der Waals surface area contributed by atoms with E-state index in [2.05, 4.69) is 16.0 Å². The van der Waals surface area contributed by atoms with E-state index in [-0.39, 0.29) is 12.3 Å². The van der Waals surface area contributed by atoms with E-state index >= 15 is 0 Å². The fraction of sp³-hybridized carbons (Fsp3) is 0.250. The van der Waals surface area contributed by atoms with Crippen LogP contribution in [0.5, 0.6) is 0 Å². The van der Waals surface area contributed by atoms with Crippen LogP contribution < -0.4 is 10.9 Å². The number of urea groups is 1. The lowest BCUT2D eigenvalue weighted by Crippen LogP contribution is -2.54. The van der Waals surface area contributed by atoms with E-state index in [0.717, 1.165) is 11.3 Å². The van der Waals surface area contributed by atoms with Crippen LogP contribution in [0.1, 0.15) is 12.5 Å². The van der Waals surface area contributed by atoms with Crippen molar-refractivity contribution in [3.63, 3.8) is 0 Å². The maximum Gasteiger partial charge on any atom is 0.356 e. The van der Waals surface area contributed by atoms with Crippen molar-refractivity contribution >= 4 is 17.6 Å². The van der Waals surface area contributed by atoms with Gasteiger partial charge in [0.15, 0.2) is 0 Å². The molecule has 0 radical (unpaired) electrons. The molecule has 1 heterocycles. The van der Waals surface area contributed by atoms with Gasteiger partial charge in [0.25, 0.3) is 0 Å². The summed E-state index contributed by atoms with van der Waals surface area (Å²) in [5.41, 5.74) is 6.49. The first kappa shape index (κ1) is 12.1. The van der Waals surface area contributed by atoms with Gasteiger partial charge in [0, 0.05) is 0 Å². The number of nitrogens with zero attached hydrogens (tertiary/aromatic N) is 2. The average Bonchev–Trinajstić information content (AvgIpc) is 2.35. The van der Waals surface area contributed by atoms with E-state index in [1.807, 2.05) is 30.3 Å². The summed E-state index contributed by atoms with van der Waals surface area (Å²) in [5, 5.41) is 4.99. The first-order valence-electron chi connectivity index (χ1n) is 5.59. The van der Waals surface area contributed by atoms with Crippen LogP contribution in [0, 0.1) is 0 Å². The minimum absolute atomic E-state index is 0.231. The van der Waals surface area contributed by atoms with E-state index in [9.17, 15) is 9.59 Å². The van der Waals surface area contributed by atoms with Gasteiger partial charge in [-0.3, -0.25) is 10.2 Å². The standard InChI is InChI=1S/C12H14N4O2/c1-9-8-16(12(18)14-13-9)15-11(17)7-10-5-3-2-4-6-10/h2-6H,7-8H2,1H3,(H,14,18)(H,15,17). The maximum atomic E-state index is 11.8. The van der Waals surface area contributed by atoms with Gasteiger partial charge < -0.3 is 0 Å². The maximum absolute atomic E-state index is 11.8. The average molecular weight is 246 g/mol. The molecule has 6 heteroatoms. The number of rotatable bonds is 3. The number of hydrogen-bond acceptors (Lipinski definition) is 3. The summed E-state index contributed by atoms with van der Waals surface area (Å²) >= 11 is 0. The molecule has 2 N–H and O–H groups in total. The number of amides is 3. The molecule has 0 unspecified atom stereocenters. The topological polar surface area (TPSA) is 73.8 Å². The highest BCUT2D eigenvalue weighted by atomic mass is 16.2. The van der Waals surface area contributed by atoms with E-state index in [0.29, 0.717) is 6.54 Å². The van der Waals surface area contributed by atoms with E-state index in [1.54, 1.807) is 6.92 Å². The molecule has 3 amide bonds. The van der Waals surface area contributed by atoms with Crippen LogP contribution in [0.15, 0.2) is 35.4 Å². The van der Waals surface area contributed by atoms with Crippen LogP contribution in [0.25, 0.3) is 0 Å². The van der Waals surface area contributed by atoms with E-state index in [4.69, 9.17) is 0 Å². The van der Waals surface area contributed by atoms with Gasteiger partial charge in [-0.2, -0.15) is 5.10 Å². The van der Waals surface area contributed by atoms with Gasteiger partial charge in [-0.05, 0) is 12.5 Å². The van der Waals surface area contributed by atoms with Crippen molar-refractivity contribution in [1.29, 1.82) is 0 Å². The summed E-state index contributed by atoms with van der Waals surface area (Å²) in [6.07, 6.45) is 0.237. The second-order valence-electron chi connectivity index (χ2n) is 4.05. The van der Waals surface area contributed by atoms with Gasteiger partial charge in [0.1, 0.15) is 0 Å². The predicted molar refractivity (Wildman–Crippen MR) is 66.6 cm³/mol. The van der Waals surface area contributed by atoms with Gasteiger partial charge in [-0.25, -0.2) is 15.2 Å².